The van der Waals surface area contributed by atoms with Gasteiger partial charge in [0.15, 0.2) is 0 Å². The van der Waals surface area contributed by atoms with Crippen molar-refractivity contribution in [2.45, 2.75) is 19.5 Å². The fourth-order valence-corrected chi connectivity index (χ4v) is 2.18. The third-order valence-electron chi connectivity index (χ3n) is 3.46. The Balaban J connectivity index is 2.01. The van der Waals surface area contributed by atoms with Gasteiger partial charge in [-0.2, -0.15) is 0 Å². The molecular formula is C16H20N2O2. The summed E-state index contributed by atoms with van der Waals surface area (Å²) >= 11 is 0. The van der Waals surface area contributed by atoms with E-state index in [0.717, 1.165) is 11.3 Å². The molecule has 0 saturated carbocycles. The van der Waals surface area contributed by atoms with E-state index in [1.807, 2.05) is 49.4 Å². The van der Waals surface area contributed by atoms with Gasteiger partial charge in [0, 0.05) is 13.1 Å². The fourth-order valence-electron chi connectivity index (χ4n) is 2.18. The molecule has 106 valence electrons. The predicted octanol–water partition coefficient (Wildman–Crippen LogP) is 2.57. The van der Waals surface area contributed by atoms with Gasteiger partial charge in [-0.25, -0.2) is 0 Å². The van der Waals surface area contributed by atoms with E-state index in [-0.39, 0.29) is 17.9 Å². The number of benzene rings is 1. The number of nitrogens with zero attached hydrogens (tertiary/aromatic N) is 1. The van der Waals surface area contributed by atoms with E-state index in [4.69, 9.17) is 10.2 Å². The van der Waals surface area contributed by atoms with Crippen molar-refractivity contribution in [3.05, 3.63) is 60.1 Å². The minimum Gasteiger partial charge on any atom is -0.467 e. The Morgan fingerprint density at radius 2 is 1.95 bits per heavy atom. The first-order chi connectivity index (χ1) is 9.59. The molecule has 1 aromatic carbocycles. The van der Waals surface area contributed by atoms with Crippen molar-refractivity contribution < 1.29 is 9.21 Å². The molecular weight excluding hydrogens is 252 g/mol. The number of hydrogen-bond donors (Lipinski definition) is 1. The first-order valence-electron chi connectivity index (χ1n) is 6.67. The largest absolute Gasteiger partial charge is 0.467 e. The molecule has 1 heterocycles. The standard InChI is InChI=1S/C16H20N2O2/c1-12(15(17)13-7-4-3-5-8-13)16(19)18(2)11-14-9-6-10-20-14/h3-10,12,15H,11,17H2,1-2H3. The summed E-state index contributed by atoms with van der Waals surface area (Å²) in [5.74, 6) is 0.497. The SMILES string of the molecule is CC(C(=O)N(C)Cc1ccco1)C(N)c1ccccc1. The summed E-state index contributed by atoms with van der Waals surface area (Å²) in [5.41, 5.74) is 7.15. The van der Waals surface area contributed by atoms with Gasteiger partial charge in [0.2, 0.25) is 5.91 Å². The van der Waals surface area contributed by atoms with Gasteiger partial charge >= 0.3 is 0 Å². The van der Waals surface area contributed by atoms with Crippen molar-refractivity contribution in [1.29, 1.82) is 0 Å². The van der Waals surface area contributed by atoms with E-state index in [9.17, 15) is 4.79 Å². The van der Waals surface area contributed by atoms with Gasteiger partial charge in [0.05, 0.1) is 18.7 Å². The average molecular weight is 272 g/mol. The molecule has 0 aliphatic rings. The highest BCUT2D eigenvalue weighted by molar-refractivity contribution is 5.79. The van der Waals surface area contributed by atoms with Crippen LogP contribution in [0.4, 0.5) is 0 Å². The van der Waals surface area contributed by atoms with Crippen molar-refractivity contribution >= 4 is 5.91 Å². The smallest absolute Gasteiger partial charge is 0.227 e. The highest BCUT2D eigenvalue weighted by Crippen LogP contribution is 2.21. The van der Waals surface area contributed by atoms with E-state index in [1.165, 1.54) is 0 Å². The Morgan fingerprint density at radius 3 is 2.55 bits per heavy atom. The Kier molecular flexibility index (Phi) is 4.58. The number of hydrogen-bond acceptors (Lipinski definition) is 3. The van der Waals surface area contributed by atoms with Gasteiger partial charge < -0.3 is 15.1 Å². The number of furan rings is 1. The van der Waals surface area contributed by atoms with Gasteiger partial charge in [-0.3, -0.25) is 4.79 Å². The third-order valence-corrected chi connectivity index (χ3v) is 3.46. The topological polar surface area (TPSA) is 59.5 Å². The number of amides is 1. The Labute approximate surface area is 119 Å². The lowest BCUT2D eigenvalue weighted by Crippen LogP contribution is -2.36. The van der Waals surface area contributed by atoms with Crippen LogP contribution in [-0.2, 0) is 11.3 Å². The van der Waals surface area contributed by atoms with Crippen LogP contribution in [0.15, 0.2) is 53.1 Å². The normalized spacial score (nSPS) is 13.8. The maximum atomic E-state index is 12.4. The van der Waals surface area contributed by atoms with Crippen LogP contribution in [0, 0.1) is 5.92 Å². The first kappa shape index (κ1) is 14.3. The number of carbonyl (C=O) groups is 1. The maximum Gasteiger partial charge on any atom is 0.227 e. The van der Waals surface area contributed by atoms with E-state index in [2.05, 4.69) is 0 Å². The van der Waals surface area contributed by atoms with Crippen molar-refractivity contribution in [1.82, 2.24) is 4.90 Å². The monoisotopic (exact) mass is 272 g/mol. The first-order valence-corrected chi connectivity index (χ1v) is 6.67. The van der Waals surface area contributed by atoms with E-state index >= 15 is 0 Å². The van der Waals surface area contributed by atoms with Crippen LogP contribution >= 0.6 is 0 Å². The van der Waals surface area contributed by atoms with E-state index in [0.29, 0.717) is 6.54 Å². The second-order valence-electron chi connectivity index (χ2n) is 5.00. The lowest BCUT2D eigenvalue weighted by Gasteiger charge is -2.25. The Hall–Kier alpha value is -2.07. The fraction of sp³-hybridized carbons (Fsp3) is 0.312. The van der Waals surface area contributed by atoms with Gasteiger partial charge in [-0.15, -0.1) is 0 Å². The zero-order chi connectivity index (χ0) is 14.5. The van der Waals surface area contributed by atoms with Crippen LogP contribution in [0.3, 0.4) is 0 Å². The van der Waals surface area contributed by atoms with Crippen LogP contribution in [-0.4, -0.2) is 17.9 Å². The average Bonchev–Trinajstić information content (AvgIpc) is 2.98. The lowest BCUT2D eigenvalue weighted by atomic mass is 9.94. The molecule has 4 nitrogen and oxygen atoms in total. The maximum absolute atomic E-state index is 12.4. The predicted molar refractivity (Wildman–Crippen MR) is 77.7 cm³/mol. The molecule has 0 bridgehead atoms. The van der Waals surface area contributed by atoms with Crippen molar-refractivity contribution in [2.75, 3.05) is 7.05 Å². The molecule has 2 unspecified atom stereocenters. The molecule has 2 N–H and O–H groups in total. The zero-order valence-corrected chi connectivity index (χ0v) is 11.8. The molecule has 2 atom stereocenters. The second-order valence-corrected chi connectivity index (χ2v) is 5.00. The van der Waals surface area contributed by atoms with Gasteiger partial charge in [0.1, 0.15) is 5.76 Å². The number of carbonyl (C=O) groups excluding carboxylic acids is 1. The van der Waals surface area contributed by atoms with E-state index < -0.39 is 0 Å². The molecule has 2 rings (SSSR count). The van der Waals surface area contributed by atoms with Gasteiger partial charge in [0.25, 0.3) is 0 Å². The van der Waals surface area contributed by atoms with Crippen molar-refractivity contribution in [3.8, 4) is 0 Å². The zero-order valence-electron chi connectivity index (χ0n) is 11.8. The quantitative estimate of drug-likeness (QED) is 0.910. The number of rotatable bonds is 5. The summed E-state index contributed by atoms with van der Waals surface area (Å²) in [6.07, 6.45) is 1.60. The molecule has 4 heteroatoms. The molecule has 0 aliphatic carbocycles. The molecule has 20 heavy (non-hydrogen) atoms. The molecule has 0 radical (unpaired) electrons. The van der Waals surface area contributed by atoms with Crippen LogP contribution < -0.4 is 5.73 Å². The molecule has 0 saturated heterocycles. The molecule has 0 fully saturated rings. The minimum absolute atomic E-state index is 0.0118. The van der Waals surface area contributed by atoms with Crippen LogP contribution in [0.5, 0.6) is 0 Å². The Bertz CT molecular complexity index is 537. The Morgan fingerprint density at radius 1 is 1.25 bits per heavy atom. The van der Waals surface area contributed by atoms with Gasteiger partial charge in [-0.1, -0.05) is 37.3 Å². The van der Waals surface area contributed by atoms with E-state index in [1.54, 1.807) is 18.2 Å². The van der Waals surface area contributed by atoms with Crippen molar-refractivity contribution in [3.63, 3.8) is 0 Å². The van der Waals surface area contributed by atoms with Crippen LogP contribution in [0.2, 0.25) is 0 Å². The van der Waals surface area contributed by atoms with Crippen LogP contribution in [0.25, 0.3) is 0 Å². The molecule has 1 aromatic heterocycles. The summed E-state index contributed by atoms with van der Waals surface area (Å²) in [6.45, 7) is 2.32. The summed E-state index contributed by atoms with van der Waals surface area (Å²) in [7, 11) is 1.76. The van der Waals surface area contributed by atoms with Crippen LogP contribution in [0.1, 0.15) is 24.3 Å². The van der Waals surface area contributed by atoms with Crippen molar-refractivity contribution in [2.24, 2.45) is 11.7 Å². The number of nitrogens with two attached hydrogens (primary N) is 1. The summed E-state index contributed by atoms with van der Waals surface area (Å²) < 4.78 is 5.25. The second kappa shape index (κ2) is 6.39. The minimum atomic E-state index is -0.303. The molecule has 0 spiro atoms. The van der Waals surface area contributed by atoms with Gasteiger partial charge in [-0.05, 0) is 17.7 Å². The lowest BCUT2D eigenvalue weighted by molar-refractivity contribution is -0.135. The summed E-state index contributed by atoms with van der Waals surface area (Å²) in [6, 6.07) is 13.0. The third kappa shape index (κ3) is 3.27. The molecule has 0 aliphatic heterocycles. The highest BCUT2D eigenvalue weighted by atomic mass is 16.3. The summed E-state index contributed by atoms with van der Waals surface area (Å²) in [4.78, 5) is 14.0. The highest BCUT2D eigenvalue weighted by Gasteiger charge is 2.25. The molecule has 2 aromatic rings. The molecule has 1 amide bonds. The summed E-state index contributed by atoms with van der Waals surface area (Å²) in [5, 5.41) is 0.